The molecule has 3 nitrogen and oxygen atoms in total. The number of rotatable bonds is 4. The van der Waals surface area contributed by atoms with Crippen molar-refractivity contribution in [2.24, 2.45) is 4.99 Å². The van der Waals surface area contributed by atoms with Crippen LogP contribution in [0, 0.1) is 0 Å². The summed E-state index contributed by atoms with van der Waals surface area (Å²) in [6.45, 7) is 4.88. The van der Waals surface area contributed by atoms with E-state index in [1.54, 1.807) is 11.8 Å². The van der Waals surface area contributed by atoms with Crippen LogP contribution in [-0.2, 0) is 4.79 Å². The number of amides is 1. The van der Waals surface area contributed by atoms with Crippen molar-refractivity contribution in [2.75, 3.05) is 6.54 Å². The smallest absolute Gasteiger partial charge is 0.239 e. The molecule has 1 aromatic rings. The Bertz CT molecular complexity index is 444. The minimum Gasteiger partial charge on any atom is -0.304 e. The molecule has 1 N–H and O–H groups in total. The summed E-state index contributed by atoms with van der Waals surface area (Å²) in [6.07, 6.45) is 0.851. The van der Waals surface area contributed by atoms with Gasteiger partial charge in [0.05, 0.1) is 5.25 Å². The van der Waals surface area contributed by atoms with E-state index in [-0.39, 0.29) is 11.2 Å². The van der Waals surface area contributed by atoms with Crippen LogP contribution < -0.4 is 5.32 Å². The number of aliphatic imine (C=N–C) groups is 1. The Hall–Kier alpha value is -1.29. The zero-order chi connectivity index (χ0) is 13.0. The first-order valence-corrected chi connectivity index (χ1v) is 7.15. The summed E-state index contributed by atoms with van der Waals surface area (Å²) < 4.78 is 0. The molecule has 96 valence electrons. The molecule has 0 unspecified atom stereocenters. The molecule has 1 aliphatic rings. The van der Waals surface area contributed by atoms with Crippen molar-refractivity contribution < 1.29 is 4.79 Å². The number of amidine groups is 1. The highest BCUT2D eigenvalue weighted by Gasteiger charge is 2.28. The first-order valence-electron chi connectivity index (χ1n) is 6.27. The molecule has 1 aliphatic heterocycles. The van der Waals surface area contributed by atoms with E-state index in [2.05, 4.69) is 29.4 Å². The van der Waals surface area contributed by atoms with Gasteiger partial charge >= 0.3 is 0 Å². The Morgan fingerprint density at radius 3 is 2.72 bits per heavy atom. The van der Waals surface area contributed by atoms with Gasteiger partial charge in [-0.1, -0.05) is 55.9 Å². The second-order valence-electron chi connectivity index (χ2n) is 4.46. The quantitative estimate of drug-likeness (QED) is 0.906. The van der Waals surface area contributed by atoms with Crippen molar-refractivity contribution in [2.45, 2.75) is 31.4 Å². The Balaban J connectivity index is 1.94. The molecule has 0 aliphatic carbocycles. The largest absolute Gasteiger partial charge is 0.304 e. The van der Waals surface area contributed by atoms with Crippen LogP contribution in [0.3, 0.4) is 0 Å². The first-order chi connectivity index (χ1) is 8.70. The molecular weight excluding hydrogens is 244 g/mol. The van der Waals surface area contributed by atoms with Crippen LogP contribution in [-0.4, -0.2) is 22.9 Å². The zero-order valence-electron chi connectivity index (χ0n) is 10.7. The van der Waals surface area contributed by atoms with Crippen molar-refractivity contribution in [3.63, 3.8) is 0 Å². The second kappa shape index (κ2) is 6.05. The molecule has 0 bridgehead atoms. The third kappa shape index (κ3) is 3.13. The van der Waals surface area contributed by atoms with E-state index in [4.69, 9.17) is 0 Å². The van der Waals surface area contributed by atoms with Gasteiger partial charge in [0.1, 0.15) is 0 Å². The van der Waals surface area contributed by atoms with Gasteiger partial charge in [0, 0.05) is 12.5 Å². The van der Waals surface area contributed by atoms with E-state index >= 15 is 0 Å². The summed E-state index contributed by atoms with van der Waals surface area (Å²) in [5.41, 5.74) is 1.28. The molecule has 2 atom stereocenters. The van der Waals surface area contributed by atoms with E-state index in [0.29, 0.717) is 12.5 Å². The van der Waals surface area contributed by atoms with Gasteiger partial charge in [-0.05, 0) is 12.0 Å². The van der Waals surface area contributed by atoms with Gasteiger partial charge in [-0.15, -0.1) is 0 Å². The van der Waals surface area contributed by atoms with Gasteiger partial charge in [-0.3, -0.25) is 9.79 Å². The topological polar surface area (TPSA) is 41.5 Å². The summed E-state index contributed by atoms with van der Waals surface area (Å²) in [6, 6.07) is 10.3. The lowest BCUT2D eigenvalue weighted by Gasteiger charge is -2.08. The van der Waals surface area contributed by atoms with Crippen LogP contribution >= 0.6 is 11.8 Å². The fourth-order valence-electron chi connectivity index (χ4n) is 1.86. The average molecular weight is 262 g/mol. The first kappa shape index (κ1) is 13.1. The highest BCUT2D eigenvalue weighted by molar-refractivity contribution is 8.15. The summed E-state index contributed by atoms with van der Waals surface area (Å²) in [5.74, 6) is 0.463. The van der Waals surface area contributed by atoms with Crippen molar-refractivity contribution in [3.05, 3.63) is 35.9 Å². The third-order valence-corrected chi connectivity index (χ3v) is 4.31. The number of nitrogens with one attached hydrogen (secondary N) is 1. The van der Waals surface area contributed by atoms with Crippen molar-refractivity contribution in [1.29, 1.82) is 0 Å². The molecule has 18 heavy (non-hydrogen) atoms. The maximum atomic E-state index is 11.5. The maximum absolute atomic E-state index is 11.5. The molecule has 0 aromatic heterocycles. The number of thioether (sulfide) groups is 1. The zero-order valence-corrected chi connectivity index (χ0v) is 11.5. The van der Waals surface area contributed by atoms with E-state index in [1.165, 1.54) is 5.56 Å². The predicted octanol–water partition coefficient (Wildman–Crippen LogP) is 2.79. The molecular formula is C14H18N2OS. The summed E-state index contributed by atoms with van der Waals surface area (Å²) in [4.78, 5) is 16.0. The number of carbonyl (C=O) groups is 1. The minimum atomic E-state index is 0.0378. The van der Waals surface area contributed by atoms with Crippen LogP contribution in [0.2, 0.25) is 0 Å². The maximum Gasteiger partial charge on any atom is 0.239 e. The highest BCUT2D eigenvalue weighted by Crippen LogP contribution is 2.23. The standard InChI is InChI=1S/C14H18N2OS/c1-3-12-13(17)16-14(18-12)15-9-10(2)11-7-5-4-6-8-11/h4-8,10,12H,3,9H2,1-2H3,(H,15,16,17)/t10-,12+/m1/s1. The molecule has 2 rings (SSSR count). The van der Waals surface area contributed by atoms with Crippen LogP contribution in [0.1, 0.15) is 31.7 Å². The van der Waals surface area contributed by atoms with E-state index < -0.39 is 0 Å². The monoisotopic (exact) mass is 262 g/mol. The van der Waals surface area contributed by atoms with Crippen LogP contribution in [0.4, 0.5) is 0 Å². The van der Waals surface area contributed by atoms with Gasteiger partial charge in [-0.25, -0.2) is 0 Å². The number of carbonyl (C=O) groups excluding carboxylic acids is 1. The van der Waals surface area contributed by atoms with Gasteiger partial charge in [0.25, 0.3) is 0 Å². The normalized spacial score (nSPS) is 23.1. The van der Waals surface area contributed by atoms with Crippen LogP contribution in [0.25, 0.3) is 0 Å². The number of nitrogens with zero attached hydrogens (tertiary/aromatic N) is 1. The van der Waals surface area contributed by atoms with Gasteiger partial charge < -0.3 is 5.32 Å². The van der Waals surface area contributed by atoms with Crippen LogP contribution in [0.15, 0.2) is 35.3 Å². The lowest BCUT2D eigenvalue weighted by Crippen LogP contribution is -2.24. The lowest BCUT2D eigenvalue weighted by molar-refractivity contribution is -0.118. The Morgan fingerprint density at radius 1 is 1.39 bits per heavy atom. The van der Waals surface area contributed by atoms with Gasteiger partial charge in [0.2, 0.25) is 5.91 Å². The SMILES string of the molecule is CC[C@@H]1SC(=NC[C@@H](C)c2ccccc2)NC1=O. The molecule has 1 heterocycles. The number of hydrogen-bond donors (Lipinski definition) is 1. The highest BCUT2D eigenvalue weighted by atomic mass is 32.2. The second-order valence-corrected chi connectivity index (χ2v) is 5.65. The number of hydrogen-bond acceptors (Lipinski definition) is 3. The Morgan fingerprint density at radius 2 is 2.11 bits per heavy atom. The van der Waals surface area contributed by atoms with Crippen molar-refractivity contribution >= 4 is 22.8 Å². The molecule has 1 saturated heterocycles. The van der Waals surface area contributed by atoms with E-state index in [0.717, 1.165) is 11.6 Å². The summed E-state index contributed by atoms with van der Waals surface area (Å²) >= 11 is 1.55. The fraction of sp³-hybridized carbons (Fsp3) is 0.429. The summed E-state index contributed by atoms with van der Waals surface area (Å²) in [7, 11) is 0. The average Bonchev–Trinajstić information content (AvgIpc) is 2.77. The fourth-order valence-corrected chi connectivity index (χ4v) is 2.77. The molecule has 0 spiro atoms. The van der Waals surface area contributed by atoms with Crippen molar-refractivity contribution in [1.82, 2.24) is 5.32 Å². The van der Waals surface area contributed by atoms with Gasteiger partial charge in [-0.2, -0.15) is 0 Å². The molecule has 1 fully saturated rings. The van der Waals surface area contributed by atoms with Gasteiger partial charge in [0.15, 0.2) is 5.17 Å². The predicted molar refractivity (Wildman–Crippen MR) is 77.0 cm³/mol. The van der Waals surface area contributed by atoms with Crippen LogP contribution in [0.5, 0.6) is 0 Å². The van der Waals surface area contributed by atoms with E-state index in [1.807, 2.05) is 25.1 Å². The summed E-state index contributed by atoms with van der Waals surface area (Å²) in [5, 5.41) is 3.65. The molecule has 1 aromatic carbocycles. The molecule has 0 radical (unpaired) electrons. The Kier molecular flexibility index (Phi) is 4.42. The minimum absolute atomic E-state index is 0.0378. The van der Waals surface area contributed by atoms with E-state index in [9.17, 15) is 4.79 Å². The lowest BCUT2D eigenvalue weighted by atomic mass is 10.0. The molecule has 1 amide bonds. The Labute approximate surface area is 112 Å². The van der Waals surface area contributed by atoms with Crippen molar-refractivity contribution in [3.8, 4) is 0 Å². The molecule has 0 saturated carbocycles. The third-order valence-electron chi connectivity index (χ3n) is 3.02. The number of benzene rings is 1. The molecule has 4 heteroatoms.